The number of nitrogens with zero attached hydrogens (tertiary/aromatic N) is 2. The van der Waals surface area contributed by atoms with Crippen LogP contribution in [-0.2, 0) is 11.5 Å². The van der Waals surface area contributed by atoms with Crippen LogP contribution in [0.25, 0.3) is 5.69 Å². The van der Waals surface area contributed by atoms with Crippen LogP contribution in [0.15, 0.2) is 36.4 Å². The van der Waals surface area contributed by atoms with Crippen molar-refractivity contribution < 1.29 is 4.79 Å². The van der Waals surface area contributed by atoms with E-state index in [1.807, 2.05) is 10.7 Å². The van der Waals surface area contributed by atoms with Gasteiger partial charge in [-0.3, -0.25) is 4.79 Å². The Bertz CT molecular complexity index is 1060. The average molecular weight is 418 g/mol. The highest BCUT2D eigenvalue weighted by Gasteiger charge is 2.25. The van der Waals surface area contributed by atoms with Crippen molar-refractivity contribution >= 4 is 46.7 Å². The maximum atomic E-state index is 12.9. The van der Waals surface area contributed by atoms with Crippen LogP contribution in [0.1, 0.15) is 32.7 Å². The first-order chi connectivity index (χ1) is 12.9. The molecule has 0 aliphatic carbocycles. The Labute approximate surface area is 171 Å². The van der Waals surface area contributed by atoms with Crippen molar-refractivity contribution in [3.05, 3.63) is 74.4 Å². The minimum atomic E-state index is -0.299. The molecule has 0 atom stereocenters. The smallest absolute Gasteiger partial charge is 0.258 e. The number of hydrogen-bond acceptors (Lipinski definition) is 3. The van der Waals surface area contributed by atoms with Gasteiger partial charge in [0.05, 0.1) is 22.0 Å². The van der Waals surface area contributed by atoms with Gasteiger partial charge in [-0.05, 0) is 55.3 Å². The molecular formula is C20H17Cl2N3OS. The first-order valence-corrected chi connectivity index (χ1v) is 10.4. The largest absolute Gasteiger partial charge is 0.306 e. The van der Waals surface area contributed by atoms with Crippen molar-refractivity contribution in [3.8, 4) is 5.69 Å². The van der Waals surface area contributed by atoms with E-state index in [0.29, 0.717) is 21.4 Å². The lowest BCUT2D eigenvalue weighted by Gasteiger charge is -2.13. The van der Waals surface area contributed by atoms with Gasteiger partial charge in [0.2, 0.25) is 0 Å². The van der Waals surface area contributed by atoms with Gasteiger partial charge < -0.3 is 5.32 Å². The topological polar surface area (TPSA) is 46.9 Å². The van der Waals surface area contributed by atoms with Gasteiger partial charge in [0.1, 0.15) is 5.82 Å². The highest BCUT2D eigenvalue weighted by Crippen LogP contribution is 2.36. The summed E-state index contributed by atoms with van der Waals surface area (Å²) in [7, 11) is 0. The molecule has 4 nitrogen and oxygen atoms in total. The van der Waals surface area contributed by atoms with E-state index in [1.54, 1.807) is 30.0 Å². The predicted octanol–water partition coefficient (Wildman–Crippen LogP) is 5.80. The third-order valence-corrected chi connectivity index (χ3v) is 6.23. The summed E-state index contributed by atoms with van der Waals surface area (Å²) < 4.78 is 1.81. The van der Waals surface area contributed by atoms with Gasteiger partial charge in [0, 0.05) is 22.1 Å². The molecule has 0 bridgehead atoms. The van der Waals surface area contributed by atoms with E-state index < -0.39 is 0 Å². The number of aryl methyl sites for hydroxylation is 2. The third-order valence-electron chi connectivity index (χ3n) is 4.69. The van der Waals surface area contributed by atoms with E-state index >= 15 is 0 Å². The van der Waals surface area contributed by atoms with Crippen LogP contribution >= 0.6 is 35.0 Å². The molecule has 1 N–H and O–H groups in total. The number of rotatable bonds is 3. The summed E-state index contributed by atoms with van der Waals surface area (Å²) in [6.45, 7) is 4.14. The Morgan fingerprint density at radius 1 is 1.11 bits per heavy atom. The number of carbonyl (C=O) groups is 1. The Morgan fingerprint density at radius 3 is 2.70 bits per heavy atom. The van der Waals surface area contributed by atoms with Crippen LogP contribution in [0.5, 0.6) is 0 Å². The summed E-state index contributed by atoms with van der Waals surface area (Å²) in [5.41, 5.74) is 5.72. The minimum Gasteiger partial charge on any atom is -0.306 e. The van der Waals surface area contributed by atoms with Gasteiger partial charge in [-0.25, -0.2) is 4.68 Å². The molecule has 0 spiro atoms. The van der Waals surface area contributed by atoms with Gasteiger partial charge in [-0.1, -0.05) is 29.3 Å². The number of nitrogens with one attached hydrogen (secondary N) is 1. The molecular weight excluding hydrogens is 401 g/mol. The van der Waals surface area contributed by atoms with Gasteiger partial charge in [-0.15, -0.1) is 0 Å². The molecule has 0 unspecified atom stereocenters. The lowest BCUT2D eigenvalue weighted by molar-refractivity contribution is 0.102. The molecule has 0 saturated carbocycles. The van der Waals surface area contributed by atoms with E-state index in [9.17, 15) is 4.79 Å². The number of halogens is 2. The van der Waals surface area contributed by atoms with Crippen LogP contribution in [0.3, 0.4) is 0 Å². The molecule has 2 aromatic carbocycles. The van der Waals surface area contributed by atoms with E-state index in [0.717, 1.165) is 28.5 Å². The zero-order valence-corrected chi connectivity index (χ0v) is 17.2. The summed E-state index contributed by atoms with van der Waals surface area (Å²) in [6, 6.07) is 11.0. The quantitative estimate of drug-likeness (QED) is 0.585. The van der Waals surface area contributed by atoms with E-state index in [2.05, 4.69) is 31.3 Å². The van der Waals surface area contributed by atoms with Crippen molar-refractivity contribution in [1.82, 2.24) is 9.78 Å². The first-order valence-electron chi connectivity index (χ1n) is 8.46. The molecule has 0 saturated heterocycles. The maximum absolute atomic E-state index is 12.9. The second-order valence-electron chi connectivity index (χ2n) is 6.53. The van der Waals surface area contributed by atoms with Crippen molar-refractivity contribution in [1.29, 1.82) is 0 Å². The highest BCUT2D eigenvalue weighted by atomic mass is 35.5. The highest BCUT2D eigenvalue weighted by molar-refractivity contribution is 7.98. The number of carbonyl (C=O) groups excluding carboxylic acids is 1. The molecule has 1 amide bonds. The minimum absolute atomic E-state index is 0.299. The predicted molar refractivity (Wildman–Crippen MR) is 112 cm³/mol. The molecule has 1 aliphatic heterocycles. The Balaban J connectivity index is 1.77. The van der Waals surface area contributed by atoms with Gasteiger partial charge in [-0.2, -0.15) is 16.9 Å². The average Bonchev–Trinajstić information content (AvgIpc) is 3.22. The SMILES string of the molecule is Cc1ccc(-n2nc3c(c2NC(=O)c2cc(Cl)ccc2Cl)CSC3)cc1C. The number of benzene rings is 2. The maximum Gasteiger partial charge on any atom is 0.258 e. The molecule has 3 aromatic rings. The number of hydrogen-bond donors (Lipinski definition) is 1. The molecule has 27 heavy (non-hydrogen) atoms. The van der Waals surface area contributed by atoms with E-state index in [1.165, 1.54) is 11.1 Å². The van der Waals surface area contributed by atoms with Gasteiger partial charge in [0.25, 0.3) is 5.91 Å². The molecule has 1 aliphatic rings. The number of aromatic nitrogens is 2. The lowest BCUT2D eigenvalue weighted by atomic mass is 10.1. The summed E-state index contributed by atoms with van der Waals surface area (Å²) in [6.07, 6.45) is 0. The van der Waals surface area contributed by atoms with Crippen molar-refractivity contribution in [2.75, 3.05) is 5.32 Å². The molecule has 2 heterocycles. The first kappa shape index (κ1) is 18.4. The molecule has 7 heteroatoms. The zero-order chi connectivity index (χ0) is 19.1. The fourth-order valence-corrected chi connectivity index (χ4v) is 4.44. The van der Waals surface area contributed by atoms with Crippen LogP contribution < -0.4 is 5.32 Å². The van der Waals surface area contributed by atoms with Crippen LogP contribution in [-0.4, -0.2) is 15.7 Å². The summed E-state index contributed by atoms with van der Waals surface area (Å²) in [4.78, 5) is 12.9. The number of amides is 1. The molecule has 0 radical (unpaired) electrons. The van der Waals surface area contributed by atoms with E-state index in [4.69, 9.17) is 28.3 Å². The summed E-state index contributed by atoms with van der Waals surface area (Å²) in [5.74, 6) is 2.05. The van der Waals surface area contributed by atoms with Gasteiger partial charge >= 0.3 is 0 Å². The second kappa shape index (κ2) is 7.23. The standard InChI is InChI=1S/C20H17Cl2N3OS/c1-11-3-5-14(7-12(11)2)25-19(16-9-27-10-18(16)24-25)23-20(26)15-8-13(21)4-6-17(15)22/h3-8H,9-10H2,1-2H3,(H,23,26). The number of anilines is 1. The fourth-order valence-electron chi connectivity index (χ4n) is 3.03. The van der Waals surface area contributed by atoms with Gasteiger partial charge in [0.15, 0.2) is 0 Å². The van der Waals surface area contributed by atoms with Crippen LogP contribution in [0.2, 0.25) is 10.0 Å². The van der Waals surface area contributed by atoms with Crippen molar-refractivity contribution in [2.45, 2.75) is 25.4 Å². The summed E-state index contributed by atoms with van der Waals surface area (Å²) >= 11 is 14.0. The molecule has 4 rings (SSSR count). The van der Waals surface area contributed by atoms with Crippen molar-refractivity contribution in [2.24, 2.45) is 0 Å². The monoisotopic (exact) mass is 417 g/mol. The Hall–Kier alpha value is -1.95. The molecule has 0 fully saturated rings. The van der Waals surface area contributed by atoms with Crippen LogP contribution in [0.4, 0.5) is 5.82 Å². The molecule has 1 aromatic heterocycles. The zero-order valence-electron chi connectivity index (χ0n) is 14.8. The van der Waals surface area contributed by atoms with Crippen molar-refractivity contribution in [3.63, 3.8) is 0 Å². The number of thioether (sulfide) groups is 1. The second-order valence-corrected chi connectivity index (χ2v) is 8.35. The normalized spacial score (nSPS) is 12.9. The third kappa shape index (κ3) is 3.47. The fraction of sp³-hybridized carbons (Fsp3) is 0.200. The Morgan fingerprint density at radius 2 is 1.93 bits per heavy atom. The molecule has 138 valence electrons. The lowest BCUT2D eigenvalue weighted by Crippen LogP contribution is -2.16. The summed E-state index contributed by atoms with van der Waals surface area (Å²) in [5, 5.41) is 8.58. The van der Waals surface area contributed by atoms with Crippen LogP contribution in [0, 0.1) is 13.8 Å². The Kier molecular flexibility index (Phi) is 4.93. The van der Waals surface area contributed by atoms with E-state index in [-0.39, 0.29) is 5.91 Å². The number of fused-ring (bicyclic) bond motifs is 1.